The van der Waals surface area contributed by atoms with E-state index in [1.54, 1.807) is 0 Å². The number of nitrogens with one attached hydrogen (secondary N) is 2. The fourth-order valence-corrected chi connectivity index (χ4v) is 3.33. The largest absolute Gasteiger partial charge is 0.306 e. The number of hydrogen-bond donors (Lipinski definition) is 2. The molecule has 118 valence electrons. The molecule has 2 saturated heterocycles. The second kappa shape index (κ2) is 7.03. The predicted octanol–water partition coefficient (Wildman–Crippen LogP) is 1.05. The summed E-state index contributed by atoms with van der Waals surface area (Å²) in [4.78, 5) is 26.6. The van der Waals surface area contributed by atoms with Crippen molar-refractivity contribution in [2.45, 2.75) is 44.3 Å². The van der Waals surface area contributed by atoms with Crippen LogP contribution in [0.5, 0.6) is 0 Å². The van der Waals surface area contributed by atoms with Gasteiger partial charge in [0.1, 0.15) is 0 Å². The third kappa shape index (κ3) is 3.54. The Morgan fingerprint density at radius 3 is 2.68 bits per heavy atom. The fraction of sp³-hybridized carbons (Fsp3) is 0.529. The molecule has 1 aromatic carbocycles. The van der Waals surface area contributed by atoms with Gasteiger partial charge in [-0.3, -0.25) is 19.8 Å². The SMILES string of the molecule is O=C(NC(=O)[C@@H]1CCCN1Cc1ccccc1)[C@@H]1CCCN1. The lowest BCUT2D eigenvalue weighted by atomic mass is 10.1. The minimum absolute atomic E-state index is 0.146. The summed E-state index contributed by atoms with van der Waals surface area (Å²) in [6, 6.07) is 9.76. The van der Waals surface area contributed by atoms with Crippen LogP contribution in [-0.4, -0.2) is 41.9 Å². The van der Waals surface area contributed by atoms with Crippen molar-refractivity contribution < 1.29 is 9.59 Å². The van der Waals surface area contributed by atoms with Gasteiger partial charge in [0.15, 0.2) is 0 Å². The molecular formula is C17H23N3O2. The van der Waals surface area contributed by atoms with Gasteiger partial charge in [-0.1, -0.05) is 30.3 Å². The number of hydrogen-bond acceptors (Lipinski definition) is 4. The zero-order valence-electron chi connectivity index (χ0n) is 12.8. The number of amides is 2. The maximum absolute atomic E-state index is 12.4. The summed E-state index contributed by atoms with van der Waals surface area (Å²) in [7, 11) is 0. The average Bonchev–Trinajstić information content (AvgIpc) is 3.19. The minimum atomic E-state index is -0.201. The van der Waals surface area contributed by atoms with E-state index >= 15 is 0 Å². The highest BCUT2D eigenvalue weighted by Gasteiger charge is 2.33. The first kappa shape index (κ1) is 15.2. The normalized spacial score (nSPS) is 25.3. The smallest absolute Gasteiger partial charge is 0.243 e. The van der Waals surface area contributed by atoms with E-state index in [9.17, 15) is 9.59 Å². The van der Waals surface area contributed by atoms with Crippen molar-refractivity contribution in [3.8, 4) is 0 Å². The summed E-state index contributed by atoms with van der Waals surface area (Å²) in [5.74, 6) is -0.318. The van der Waals surface area contributed by atoms with Crippen molar-refractivity contribution in [2.75, 3.05) is 13.1 Å². The van der Waals surface area contributed by atoms with E-state index in [0.717, 1.165) is 45.3 Å². The number of benzene rings is 1. The Hall–Kier alpha value is -1.72. The first-order chi connectivity index (χ1) is 10.7. The molecule has 0 unspecified atom stereocenters. The summed E-state index contributed by atoms with van der Waals surface area (Å²) in [5.41, 5.74) is 1.20. The lowest BCUT2D eigenvalue weighted by Gasteiger charge is -2.24. The maximum atomic E-state index is 12.4. The number of carbonyl (C=O) groups is 2. The van der Waals surface area contributed by atoms with Crippen LogP contribution >= 0.6 is 0 Å². The van der Waals surface area contributed by atoms with E-state index in [0.29, 0.717) is 0 Å². The number of rotatable bonds is 4. The Morgan fingerprint density at radius 1 is 1.14 bits per heavy atom. The Balaban J connectivity index is 1.57. The Morgan fingerprint density at radius 2 is 1.95 bits per heavy atom. The van der Waals surface area contributed by atoms with Gasteiger partial charge in [-0.15, -0.1) is 0 Å². The highest BCUT2D eigenvalue weighted by molar-refractivity contribution is 6.00. The number of imide groups is 1. The van der Waals surface area contributed by atoms with Crippen LogP contribution in [0.2, 0.25) is 0 Å². The first-order valence-corrected chi connectivity index (χ1v) is 8.10. The molecule has 2 fully saturated rings. The van der Waals surface area contributed by atoms with Crippen LogP contribution in [0, 0.1) is 0 Å². The van der Waals surface area contributed by atoms with Gasteiger partial charge in [-0.05, 0) is 44.3 Å². The maximum Gasteiger partial charge on any atom is 0.243 e. The summed E-state index contributed by atoms with van der Waals surface area (Å²) < 4.78 is 0. The van der Waals surface area contributed by atoms with Crippen LogP contribution in [-0.2, 0) is 16.1 Å². The van der Waals surface area contributed by atoms with Crippen LogP contribution in [0.15, 0.2) is 30.3 Å². The molecule has 1 aromatic rings. The summed E-state index contributed by atoms with van der Waals surface area (Å²) in [5, 5.41) is 5.72. The van der Waals surface area contributed by atoms with Gasteiger partial charge in [0.2, 0.25) is 11.8 Å². The number of likely N-dealkylation sites (tertiary alicyclic amines) is 1. The molecule has 5 heteroatoms. The zero-order chi connectivity index (χ0) is 15.4. The second-order valence-electron chi connectivity index (χ2n) is 6.12. The van der Waals surface area contributed by atoms with Crippen LogP contribution < -0.4 is 10.6 Å². The molecule has 2 heterocycles. The topological polar surface area (TPSA) is 61.4 Å². The van der Waals surface area contributed by atoms with E-state index in [1.165, 1.54) is 5.56 Å². The second-order valence-corrected chi connectivity index (χ2v) is 6.12. The quantitative estimate of drug-likeness (QED) is 0.816. The van der Waals surface area contributed by atoms with E-state index < -0.39 is 0 Å². The molecule has 2 amide bonds. The van der Waals surface area contributed by atoms with Crippen molar-refractivity contribution in [1.29, 1.82) is 0 Å². The highest BCUT2D eigenvalue weighted by atomic mass is 16.2. The standard InChI is InChI=1S/C17H23N3O2/c21-16(14-8-4-10-18-14)19-17(22)15-9-5-11-20(15)12-13-6-2-1-3-7-13/h1-3,6-7,14-15,18H,4-5,8-12H2,(H,19,21,22)/t14-,15-/m0/s1. The summed E-state index contributed by atoms with van der Waals surface area (Å²) >= 11 is 0. The van der Waals surface area contributed by atoms with Crippen molar-refractivity contribution in [3.63, 3.8) is 0 Å². The molecule has 22 heavy (non-hydrogen) atoms. The van der Waals surface area contributed by atoms with Crippen LogP contribution in [0.3, 0.4) is 0 Å². The number of nitrogens with zero attached hydrogens (tertiary/aromatic N) is 1. The Kier molecular flexibility index (Phi) is 4.85. The van der Waals surface area contributed by atoms with E-state index in [2.05, 4.69) is 27.7 Å². The number of carbonyl (C=O) groups excluding carboxylic acids is 2. The summed E-state index contributed by atoms with van der Waals surface area (Å²) in [6.45, 7) is 2.52. The molecule has 0 bridgehead atoms. The molecule has 3 rings (SSSR count). The van der Waals surface area contributed by atoms with Crippen LogP contribution in [0.25, 0.3) is 0 Å². The first-order valence-electron chi connectivity index (χ1n) is 8.10. The minimum Gasteiger partial charge on any atom is -0.306 e. The Bertz CT molecular complexity index is 526. The van der Waals surface area contributed by atoms with Gasteiger partial charge < -0.3 is 5.32 Å². The molecular weight excluding hydrogens is 278 g/mol. The molecule has 0 saturated carbocycles. The van der Waals surface area contributed by atoms with Crippen molar-refractivity contribution in [1.82, 2.24) is 15.5 Å². The Labute approximate surface area is 131 Å². The monoisotopic (exact) mass is 301 g/mol. The molecule has 2 atom stereocenters. The van der Waals surface area contributed by atoms with Crippen molar-refractivity contribution >= 4 is 11.8 Å². The lowest BCUT2D eigenvalue weighted by Crippen LogP contribution is -2.49. The van der Waals surface area contributed by atoms with Gasteiger partial charge in [0, 0.05) is 6.54 Å². The van der Waals surface area contributed by atoms with E-state index in [-0.39, 0.29) is 23.9 Å². The van der Waals surface area contributed by atoms with Gasteiger partial charge in [0.25, 0.3) is 0 Å². The zero-order valence-corrected chi connectivity index (χ0v) is 12.8. The van der Waals surface area contributed by atoms with Gasteiger partial charge in [0.05, 0.1) is 12.1 Å². The van der Waals surface area contributed by atoms with E-state index in [1.807, 2.05) is 18.2 Å². The average molecular weight is 301 g/mol. The third-order valence-corrected chi connectivity index (χ3v) is 4.52. The van der Waals surface area contributed by atoms with Gasteiger partial charge in [-0.2, -0.15) is 0 Å². The van der Waals surface area contributed by atoms with E-state index in [4.69, 9.17) is 0 Å². The van der Waals surface area contributed by atoms with Crippen LogP contribution in [0.4, 0.5) is 0 Å². The highest BCUT2D eigenvalue weighted by Crippen LogP contribution is 2.20. The molecule has 2 aliphatic heterocycles. The fourth-order valence-electron chi connectivity index (χ4n) is 3.33. The molecule has 2 N–H and O–H groups in total. The molecule has 2 aliphatic rings. The van der Waals surface area contributed by atoms with Gasteiger partial charge >= 0.3 is 0 Å². The third-order valence-electron chi connectivity index (χ3n) is 4.52. The van der Waals surface area contributed by atoms with Crippen molar-refractivity contribution in [3.05, 3.63) is 35.9 Å². The molecule has 0 aliphatic carbocycles. The van der Waals surface area contributed by atoms with Crippen LogP contribution in [0.1, 0.15) is 31.2 Å². The molecule has 5 nitrogen and oxygen atoms in total. The lowest BCUT2D eigenvalue weighted by molar-refractivity contribution is -0.134. The molecule has 0 spiro atoms. The van der Waals surface area contributed by atoms with Gasteiger partial charge in [-0.25, -0.2) is 0 Å². The van der Waals surface area contributed by atoms with Crippen molar-refractivity contribution in [2.24, 2.45) is 0 Å². The predicted molar refractivity (Wildman–Crippen MR) is 84.0 cm³/mol. The summed E-state index contributed by atoms with van der Waals surface area (Å²) in [6.07, 6.45) is 3.64. The molecule has 0 radical (unpaired) electrons. The molecule has 0 aromatic heterocycles.